The summed E-state index contributed by atoms with van der Waals surface area (Å²) in [7, 11) is 0. The van der Waals surface area contributed by atoms with Crippen LogP contribution in [0.25, 0.3) is 6.08 Å². The number of phenolic OH excluding ortho intramolecular Hbond substituents is 1. The number of benzene rings is 1. The molecule has 0 aliphatic carbocycles. The summed E-state index contributed by atoms with van der Waals surface area (Å²) in [5, 5.41) is 19.1. The number of hydrogen-bond acceptors (Lipinski definition) is 3. The first-order valence-electron chi connectivity index (χ1n) is 11.5. The van der Waals surface area contributed by atoms with Gasteiger partial charge >= 0.3 is 5.97 Å². The zero-order chi connectivity index (χ0) is 23.7. The average Bonchev–Trinajstić information content (AvgIpc) is 2.68. The number of phenols is 1. The van der Waals surface area contributed by atoms with Crippen LogP contribution in [0.3, 0.4) is 0 Å². The summed E-state index contributed by atoms with van der Waals surface area (Å²) in [5.41, 5.74) is 4.92. The minimum atomic E-state index is -0.947. The number of ether oxygens (including phenoxy) is 1. The molecule has 32 heavy (non-hydrogen) atoms. The number of rotatable bonds is 11. The third kappa shape index (κ3) is 8.41. The molecule has 1 atom stereocenters. The fraction of sp³-hybridized carbons (Fsp3) is 0.464. The minimum Gasteiger partial charge on any atom is -0.508 e. The third-order valence-electron chi connectivity index (χ3n) is 5.73. The number of hydrogen-bond donors (Lipinski definition) is 2. The van der Waals surface area contributed by atoms with Crippen molar-refractivity contribution in [1.82, 2.24) is 0 Å². The van der Waals surface area contributed by atoms with Crippen molar-refractivity contribution in [3.05, 3.63) is 64.3 Å². The molecule has 0 fully saturated rings. The Kier molecular flexibility index (Phi) is 9.37. The number of carbonyl (C=O) groups is 1. The van der Waals surface area contributed by atoms with Gasteiger partial charge in [0.1, 0.15) is 17.1 Å². The van der Waals surface area contributed by atoms with Crippen molar-refractivity contribution < 1.29 is 19.7 Å². The van der Waals surface area contributed by atoms with E-state index in [1.165, 1.54) is 22.8 Å². The predicted octanol–water partition coefficient (Wildman–Crippen LogP) is 7.38. The highest BCUT2D eigenvalue weighted by Crippen LogP contribution is 2.38. The highest BCUT2D eigenvalue weighted by molar-refractivity contribution is 5.74. The first-order chi connectivity index (χ1) is 15.1. The van der Waals surface area contributed by atoms with E-state index in [-0.39, 0.29) is 12.2 Å². The van der Waals surface area contributed by atoms with Gasteiger partial charge in [0.2, 0.25) is 0 Å². The van der Waals surface area contributed by atoms with E-state index in [9.17, 15) is 15.0 Å². The first kappa shape index (κ1) is 25.5. The Morgan fingerprint density at radius 1 is 1.00 bits per heavy atom. The van der Waals surface area contributed by atoms with Crippen LogP contribution in [0.2, 0.25) is 0 Å². The lowest BCUT2D eigenvalue weighted by Crippen LogP contribution is -2.32. The SMILES string of the molecule is CC(C)=CCC/C(C)=C/CC/C(C)=C/CC[C@]1(C)C=Cc2cc(O)cc(CC(=O)O)c2O1. The number of allylic oxidation sites excluding steroid dienone is 6. The second kappa shape index (κ2) is 11.8. The van der Waals surface area contributed by atoms with Crippen LogP contribution in [-0.2, 0) is 11.2 Å². The van der Waals surface area contributed by atoms with Gasteiger partial charge in [-0.15, -0.1) is 0 Å². The summed E-state index contributed by atoms with van der Waals surface area (Å²) in [5.74, 6) is -0.335. The fourth-order valence-electron chi connectivity index (χ4n) is 3.85. The second-order valence-corrected chi connectivity index (χ2v) is 9.34. The number of carboxylic acids is 1. The van der Waals surface area contributed by atoms with Crippen LogP contribution in [0.1, 0.15) is 84.3 Å². The van der Waals surface area contributed by atoms with Crippen LogP contribution in [0.15, 0.2) is 53.2 Å². The highest BCUT2D eigenvalue weighted by Gasteiger charge is 2.29. The van der Waals surface area contributed by atoms with Crippen LogP contribution in [0, 0.1) is 0 Å². The lowest BCUT2D eigenvalue weighted by atomic mass is 9.92. The van der Waals surface area contributed by atoms with Crippen molar-refractivity contribution in [3.63, 3.8) is 0 Å². The van der Waals surface area contributed by atoms with Gasteiger partial charge in [-0.05, 0) is 91.4 Å². The van der Waals surface area contributed by atoms with Gasteiger partial charge in [0.15, 0.2) is 0 Å². The molecule has 0 bridgehead atoms. The van der Waals surface area contributed by atoms with Crippen LogP contribution < -0.4 is 4.74 Å². The average molecular weight is 439 g/mol. The molecule has 1 heterocycles. The fourth-order valence-corrected chi connectivity index (χ4v) is 3.85. The van der Waals surface area contributed by atoms with E-state index in [2.05, 4.69) is 45.9 Å². The monoisotopic (exact) mass is 438 g/mol. The molecule has 0 spiro atoms. The Hall–Kier alpha value is -2.75. The molecule has 4 nitrogen and oxygen atoms in total. The molecule has 0 saturated heterocycles. The first-order valence-corrected chi connectivity index (χ1v) is 11.5. The quantitative estimate of drug-likeness (QED) is 0.354. The largest absolute Gasteiger partial charge is 0.508 e. The Morgan fingerprint density at radius 3 is 2.25 bits per heavy atom. The molecule has 1 aromatic carbocycles. The molecule has 0 saturated carbocycles. The van der Waals surface area contributed by atoms with Crippen molar-refractivity contribution in [2.24, 2.45) is 0 Å². The second-order valence-electron chi connectivity index (χ2n) is 9.34. The van der Waals surface area contributed by atoms with Gasteiger partial charge in [0.05, 0.1) is 6.42 Å². The van der Waals surface area contributed by atoms with Gasteiger partial charge in [-0.25, -0.2) is 0 Å². The van der Waals surface area contributed by atoms with Crippen molar-refractivity contribution in [2.75, 3.05) is 0 Å². The van der Waals surface area contributed by atoms with Gasteiger partial charge < -0.3 is 14.9 Å². The van der Waals surface area contributed by atoms with Crippen molar-refractivity contribution in [2.45, 2.75) is 85.2 Å². The zero-order valence-corrected chi connectivity index (χ0v) is 20.2. The Balaban J connectivity index is 1.90. The molecule has 1 aliphatic heterocycles. The third-order valence-corrected chi connectivity index (χ3v) is 5.73. The summed E-state index contributed by atoms with van der Waals surface area (Å²) in [6, 6.07) is 3.09. The van der Waals surface area contributed by atoms with E-state index in [0.717, 1.165) is 44.1 Å². The summed E-state index contributed by atoms with van der Waals surface area (Å²) >= 11 is 0. The maximum absolute atomic E-state index is 11.2. The van der Waals surface area contributed by atoms with Gasteiger partial charge in [0.25, 0.3) is 0 Å². The lowest BCUT2D eigenvalue weighted by Gasteiger charge is -2.32. The number of aliphatic carboxylic acids is 1. The van der Waals surface area contributed by atoms with E-state index in [1.54, 1.807) is 6.07 Å². The minimum absolute atomic E-state index is 0.0524. The number of fused-ring (bicyclic) bond motifs is 1. The normalized spacial score (nSPS) is 18.2. The molecule has 0 aromatic heterocycles. The molecular weight excluding hydrogens is 400 g/mol. The maximum Gasteiger partial charge on any atom is 0.307 e. The molecule has 0 amide bonds. The van der Waals surface area contributed by atoms with Crippen LogP contribution in [0.4, 0.5) is 0 Å². The van der Waals surface area contributed by atoms with Crippen LogP contribution in [0.5, 0.6) is 11.5 Å². The molecule has 1 aromatic rings. The summed E-state index contributed by atoms with van der Waals surface area (Å²) in [4.78, 5) is 11.2. The Bertz CT molecular complexity index is 929. The van der Waals surface area contributed by atoms with Crippen molar-refractivity contribution >= 4 is 12.0 Å². The van der Waals surface area contributed by atoms with E-state index in [0.29, 0.717) is 11.3 Å². The molecule has 0 unspecified atom stereocenters. The topological polar surface area (TPSA) is 66.8 Å². The molecule has 1 aliphatic rings. The highest BCUT2D eigenvalue weighted by atomic mass is 16.5. The van der Waals surface area contributed by atoms with E-state index >= 15 is 0 Å². The van der Waals surface area contributed by atoms with Crippen molar-refractivity contribution in [3.8, 4) is 11.5 Å². The smallest absolute Gasteiger partial charge is 0.307 e. The molecule has 2 N–H and O–H groups in total. The number of carboxylic acid groups (broad SMARTS) is 1. The van der Waals surface area contributed by atoms with Crippen LogP contribution >= 0.6 is 0 Å². The molecule has 0 radical (unpaired) electrons. The van der Waals surface area contributed by atoms with Gasteiger partial charge in [-0.1, -0.05) is 41.0 Å². The summed E-state index contributed by atoms with van der Waals surface area (Å²) < 4.78 is 6.25. The van der Waals surface area contributed by atoms with E-state index in [1.807, 2.05) is 19.1 Å². The van der Waals surface area contributed by atoms with E-state index < -0.39 is 11.6 Å². The van der Waals surface area contributed by atoms with Crippen LogP contribution in [-0.4, -0.2) is 21.8 Å². The van der Waals surface area contributed by atoms with Gasteiger partial charge in [0, 0.05) is 11.1 Å². The Labute approximate surface area is 193 Å². The Morgan fingerprint density at radius 2 is 1.62 bits per heavy atom. The molecule has 174 valence electrons. The number of aromatic hydroxyl groups is 1. The molecule has 4 heteroatoms. The zero-order valence-electron chi connectivity index (χ0n) is 20.2. The van der Waals surface area contributed by atoms with Gasteiger partial charge in [-0.2, -0.15) is 0 Å². The van der Waals surface area contributed by atoms with Crippen molar-refractivity contribution in [1.29, 1.82) is 0 Å². The molecule has 2 rings (SSSR count). The standard InChI is InChI=1S/C28H38O4/c1-20(2)9-6-10-21(3)11-7-12-22(4)13-8-15-28(5)16-14-23-17-25(29)18-24(19-26(30)31)27(23)32-28/h9,11,13-14,16-18,29H,6-8,10,12,15,19H2,1-5H3,(H,30,31)/b21-11+,22-13+/t28-/m1/s1. The predicted molar refractivity (Wildman–Crippen MR) is 132 cm³/mol. The summed E-state index contributed by atoms with van der Waals surface area (Å²) in [6.07, 6.45) is 16.7. The maximum atomic E-state index is 11.2. The van der Waals surface area contributed by atoms with Gasteiger partial charge in [-0.3, -0.25) is 4.79 Å². The van der Waals surface area contributed by atoms with E-state index in [4.69, 9.17) is 4.74 Å². The molecular formula is C28H38O4. The lowest BCUT2D eigenvalue weighted by molar-refractivity contribution is -0.136. The summed E-state index contributed by atoms with van der Waals surface area (Å²) in [6.45, 7) is 10.7.